The molecule has 1 aliphatic heterocycles. The molecule has 0 amide bonds. The Morgan fingerprint density at radius 2 is 2.00 bits per heavy atom. The maximum atomic E-state index is 13.6. The molecule has 0 N–H and O–H groups in total. The number of carbonyl (C=O) groups excluding carboxylic acids is 1. The first-order valence-electron chi connectivity index (χ1n) is 10.6. The number of methoxy groups -OCH3 is 1. The van der Waals surface area contributed by atoms with Gasteiger partial charge < -0.3 is 9.47 Å². The number of esters is 1. The van der Waals surface area contributed by atoms with Crippen molar-refractivity contribution in [3.8, 4) is 5.75 Å². The predicted molar refractivity (Wildman–Crippen MR) is 129 cm³/mol. The van der Waals surface area contributed by atoms with Crippen LogP contribution in [0.1, 0.15) is 30.5 Å². The lowest BCUT2D eigenvalue weighted by atomic mass is 9.95. The van der Waals surface area contributed by atoms with Crippen LogP contribution in [0.15, 0.2) is 88.3 Å². The molecule has 168 valence electrons. The van der Waals surface area contributed by atoms with Crippen LogP contribution in [-0.2, 0) is 9.53 Å². The van der Waals surface area contributed by atoms with Gasteiger partial charge in [0.15, 0.2) is 4.80 Å². The molecule has 0 saturated carbocycles. The first-order valence-corrected chi connectivity index (χ1v) is 11.4. The van der Waals surface area contributed by atoms with Gasteiger partial charge in [0, 0.05) is 0 Å². The predicted octanol–water partition coefficient (Wildman–Crippen LogP) is 3.36. The SMILES string of the molecule is C=CCOc1cccc(/C=c2/sc3n(c2=O)[C@H](c2ccccc2)C(C(=O)OC)=C(CC)N=3)c1. The van der Waals surface area contributed by atoms with E-state index < -0.39 is 12.0 Å². The fourth-order valence-corrected chi connectivity index (χ4v) is 4.84. The first-order chi connectivity index (χ1) is 16.1. The number of carbonyl (C=O) groups is 1. The number of aromatic nitrogens is 1. The number of benzene rings is 2. The lowest BCUT2D eigenvalue weighted by Gasteiger charge is -2.25. The molecule has 7 heteroatoms. The smallest absolute Gasteiger partial charge is 0.338 e. The Morgan fingerprint density at radius 3 is 2.70 bits per heavy atom. The molecule has 0 fully saturated rings. The molecule has 0 aliphatic carbocycles. The van der Waals surface area contributed by atoms with Crippen LogP contribution in [0.3, 0.4) is 0 Å². The second kappa shape index (κ2) is 9.83. The summed E-state index contributed by atoms with van der Waals surface area (Å²) in [7, 11) is 1.34. The molecule has 2 aromatic carbocycles. The lowest BCUT2D eigenvalue weighted by Crippen LogP contribution is -2.40. The van der Waals surface area contributed by atoms with Gasteiger partial charge in [-0.1, -0.05) is 73.4 Å². The van der Waals surface area contributed by atoms with Crippen molar-refractivity contribution in [1.82, 2.24) is 4.57 Å². The molecule has 0 saturated heterocycles. The molecule has 6 nitrogen and oxygen atoms in total. The highest BCUT2D eigenvalue weighted by atomic mass is 32.1. The number of hydrogen-bond donors (Lipinski definition) is 0. The van der Waals surface area contributed by atoms with E-state index in [1.165, 1.54) is 18.4 Å². The van der Waals surface area contributed by atoms with E-state index in [2.05, 4.69) is 11.6 Å². The van der Waals surface area contributed by atoms with Crippen molar-refractivity contribution >= 4 is 23.4 Å². The number of allylic oxidation sites excluding steroid dienone is 1. The Hall–Kier alpha value is -3.71. The Labute approximate surface area is 195 Å². The number of hydrogen-bond acceptors (Lipinski definition) is 6. The first kappa shape index (κ1) is 22.5. The Balaban J connectivity index is 1.91. The molecule has 0 unspecified atom stereocenters. The summed E-state index contributed by atoms with van der Waals surface area (Å²) in [5, 5.41) is 0. The van der Waals surface area contributed by atoms with Crippen LogP contribution in [0.25, 0.3) is 6.08 Å². The van der Waals surface area contributed by atoms with Crippen molar-refractivity contribution in [2.45, 2.75) is 19.4 Å². The summed E-state index contributed by atoms with van der Waals surface area (Å²) in [6.07, 6.45) is 4.04. The van der Waals surface area contributed by atoms with Crippen LogP contribution >= 0.6 is 11.3 Å². The summed E-state index contributed by atoms with van der Waals surface area (Å²) < 4.78 is 12.8. The molecular formula is C26H24N2O4S. The molecule has 0 radical (unpaired) electrons. The van der Waals surface area contributed by atoms with E-state index in [9.17, 15) is 9.59 Å². The summed E-state index contributed by atoms with van der Waals surface area (Å²) >= 11 is 1.30. The third-order valence-electron chi connectivity index (χ3n) is 5.29. The third kappa shape index (κ3) is 4.45. The average molecular weight is 461 g/mol. The summed E-state index contributed by atoms with van der Waals surface area (Å²) in [5.74, 6) is 0.214. The zero-order valence-corrected chi connectivity index (χ0v) is 19.3. The summed E-state index contributed by atoms with van der Waals surface area (Å²) in [6, 6.07) is 16.4. The maximum absolute atomic E-state index is 13.6. The van der Waals surface area contributed by atoms with Crippen LogP contribution in [-0.4, -0.2) is 24.3 Å². The molecule has 33 heavy (non-hydrogen) atoms. The molecule has 1 atom stereocenters. The van der Waals surface area contributed by atoms with Crippen LogP contribution in [0, 0.1) is 0 Å². The van der Waals surface area contributed by atoms with Crippen molar-refractivity contribution < 1.29 is 14.3 Å². The van der Waals surface area contributed by atoms with Crippen molar-refractivity contribution in [2.24, 2.45) is 4.99 Å². The highest BCUT2D eigenvalue weighted by Gasteiger charge is 2.33. The molecule has 0 bridgehead atoms. The van der Waals surface area contributed by atoms with Gasteiger partial charge in [0.25, 0.3) is 5.56 Å². The largest absolute Gasteiger partial charge is 0.490 e. The molecule has 4 rings (SSSR count). The van der Waals surface area contributed by atoms with Crippen LogP contribution in [0.4, 0.5) is 0 Å². The zero-order valence-electron chi connectivity index (χ0n) is 18.5. The molecule has 3 aromatic rings. The number of nitrogens with zero attached hydrogens (tertiary/aromatic N) is 2. The monoisotopic (exact) mass is 460 g/mol. The van der Waals surface area contributed by atoms with Gasteiger partial charge in [0.05, 0.1) is 29.0 Å². The fraction of sp³-hybridized carbons (Fsp3) is 0.192. The van der Waals surface area contributed by atoms with Gasteiger partial charge in [0.1, 0.15) is 12.4 Å². The second-order valence-electron chi connectivity index (χ2n) is 7.37. The van der Waals surface area contributed by atoms with E-state index in [1.54, 1.807) is 10.6 Å². The van der Waals surface area contributed by atoms with Gasteiger partial charge in [0.2, 0.25) is 0 Å². The van der Waals surface area contributed by atoms with Crippen LogP contribution < -0.4 is 19.6 Å². The zero-order chi connectivity index (χ0) is 23.4. The van der Waals surface area contributed by atoms with E-state index >= 15 is 0 Å². The molecule has 1 aromatic heterocycles. The van der Waals surface area contributed by atoms with Crippen molar-refractivity contribution in [3.05, 3.63) is 109 Å². The number of rotatable bonds is 7. The maximum Gasteiger partial charge on any atom is 0.338 e. The normalized spacial score (nSPS) is 15.6. The van der Waals surface area contributed by atoms with E-state index in [1.807, 2.05) is 67.6 Å². The summed E-state index contributed by atoms with van der Waals surface area (Å²) in [6.45, 7) is 6.00. The van der Waals surface area contributed by atoms with Gasteiger partial charge in [-0.25, -0.2) is 9.79 Å². The van der Waals surface area contributed by atoms with Crippen LogP contribution in [0.5, 0.6) is 5.75 Å². The Kier molecular flexibility index (Phi) is 6.70. The van der Waals surface area contributed by atoms with Gasteiger partial charge in [-0.3, -0.25) is 9.36 Å². The minimum absolute atomic E-state index is 0.207. The molecule has 1 aliphatic rings. The summed E-state index contributed by atoms with van der Waals surface area (Å²) in [4.78, 5) is 31.6. The topological polar surface area (TPSA) is 69.9 Å². The van der Waals surface area contributed by atoms with Crippen molar-refractivity contribution in [1.29, 1.82) is 0 Å². The second-order valence-corrected chi connectivity index (χ2v) is 8.38. The molecule has 2 heterocycles. The van der Waals surface area contributed by atoms with E-state index in [0.717, 1.165) is 11.1 Å². The molecular weight excluding hydrogens is 436 g/mol. The highest BCUT2D eigenvalue weighted by Crippen LogP contribution is 2.31. The van der Waals surface area contributed by atoms with Gasteiger partial charge in [-0.2, -0.15) is 0 Å². The average Bonchev–Trinajstić information content (AvgIpc) is 3.16. The third-order valence-corrected chi connectivity index (χ3v) is 6.27. The van der Waals surface area contributed by atoms with Crippen LogP contribution in [0.2, 0.25) is 0 Å². The van der Waals surface area contributed by atoms with Gasteiger partial charge >= 0.3 is 5.97 Å². The molecule has 0 spiro atoms. The van der Waals surface area contributed by atoms with Crippen molar-refractivity contribution in [3.63, 3.8) is 0 Å². The number of ether oxygens (including phenoxy) is 2. The van der Waals surface area contributed by atoms with Crippen molar-refractivity contribution in [2.75, 3.05) is 13.7 Å². The van der Waals surface area contributed by atoms with E-state index in [-0.39, 0.29) is 5.56 Å². The van der Waals surface area contributed by atoms with Gasteiger partial charge in [-0.05, 0) is 35.8 Å². The van der Waals surface area contributed by atoms with Gasteiger partial charge in [-0.15, -0.1) is 0 Å². The van der Waals surface area contributed by atoms with E-state index in [0.29, 0.717) is 39.4 Å². The highest BCUT2D eigenvalue weighted by molar-refractivity contribution is 7.07. The number of thiazole rings is 1. The van der Waals surface area contributed by atoms with E-state index in [4.69, 9.17) is 9.47 Å². The minimum atomic E-state index is -0.603. The Bertz CT molecular complexity index is 1400. The summed E-state index contributed by atoms with van der Waals surface area (Å²) in [5.41, 5.74) is 2.47. The minimum Gasteiger partial charge on any atom is -0.490 e. The standard InChI is InChI=1S/C26H24N2O4S/c1-4-14-32-19-13-9-10-17(15-19)16-21-24(29)28-23(18-11-7-6-8-12-18)22(25(30)31-3)20(5-2)27-26(28)33-21/h4,6-13,15-16,23H,1,5,14H2,2-3H3/b21-16+/t23-/m1/s1. The number of fused-ring (bicyclic) bond motifs is 1. The fourth-order valence-electron chi connectivity index (χ4n) is 3.82. The quantitative estimate of drug-likeness (QED) is 0.401. The lowest BCUT2D eigenvalue weighted by molar-refractivity contribution is -0.136. The Morgan fingerprint density at radius 1 is 1.21 bits per heavy atom.